The lowest BCUT2D eigenvalue weighted by atomic mass is 10.1. The van der Waals surface area contributed by atoms with Crippen LogP contribution in [0.15, 0.2) is 12.7 Å². The minimum atomic E-state index is -0.183. The molecule has 12 heavy (non-hydrogen) atoms. The molecule has 0 fully saturated rings. The second-order valence-corrected chi connectivity index (χ2v) is 2.58. The molecule has 0 amide bonds. The summed E-state index contributed by atoms with van der Waals surface area (Å²) < 4.78 is 9.68. The molecule has 0 aromatic carbocycles. The van der Waals surface area contributed by atoms with Crippen LogP contribution >= 0.6 is 0 Å². The SMILES string of the molecule is C=CCOCCC(C)C(=O)OC. The maximum Gasteiger partial charge on any atom is 0.308 e. The summed E-state index contributed by atoms with van der Waals surface area (Å²) in [5.74, 6) is -0.267. The standard InChI is InChI=1S/C9H16O3/c1-4-6-12-7-5-8(2)9(10)11-3/h4,8H,1,5-7H2,2-3H3. The average Bonchev–Trinajstić information content (AvgIpc) is 2.10. The Morgan fingerprint density at radius 1 is 1.67 bits per heavy atom. The molecule has 0 saturated heterocycles. The Bertz CT molecular complexity index is 143. The number of esters is 1. The van der Waals surface area contributed by atoms with Gasteiger partial charge in [-0.2, -0.15) is 0 Å². The molecule has 0 aliphatic heterocycles. The van der Waals surface area contributed by atoms with Crippen molar-refractivity contribution in [3.05, 3.63) is 12.7 Å². The molecular formula is C9H16O3. The Labute approximate surface area is 73.4 Å². The first-order chi connectivity index (χ1) is 5.72. The topological polar surface area (TPSA) is 35.5 Å². The highest BCUT2D eigenvalue weighted by molar-refractivity contribution is 5.71. The quantitative estimate of drug-likeness (QED) is 0.345. The van der Waals surface area contributed by atoms with Crippen LogP contribution in [0.4, 0.5) is 0 Å². The van der Waals surface area contributed by atoms with E-state index in [1.165, 1.54) is 7.11 Å². The molecule has 1 unspecified atom stereocenters. The first kappa shape index (κ1) is 11.2. The fourth-order valence-electron chi connectivity index (χ4n) is 0.746. The predicted molar refractivity (Wildman–Crippen MR) is 46.8 cm³/mol. The Morgan fingerprint density at radius 3 is 2.83 bits per heavy atom. The number of hydrogen-bond acceptors (Lipinski definition) is 3. The highest BCUT2D eigenvalue weighted by Gasteiger charge is 2.11. The number of rotatable bonds is 6. The van der Waals surface area contributed by atoms with E-state index in [-0.39, 0.29) is 11.9 Å². The third kappa shape index (κ3) is 4.91. The van der Waals surface area contributed by atoms with Crippen molar-refractivity contribution in [3.8, 4) is 0 Å². The van der Waals surface area contributed by atoms with E-state index < -0.39 is 0 Å². The van der Waals surface area contributed by atoms with E-state index in [4.69, 9.17) is 4.74 Å². The summed E-state index contributed by atoms with van der Waals surface area (Å²) in [6.45, 7) is 6.44. The summed E-state index contributed by atoms with van der Waals surface area (Å²) >= 11 is 0. The highest BCUT2D eigenvalue weighted by atomic mass is 16.5. The van der Waals surface area contributed by atoms with E-state index in [0.29, 0.717) is 19.6 Å². The zero-order valence-corrected chi connectivity index (χ0v) is 7.71. The maximum atomic E-state index is 10.9. The van der Waals surface area contributed by atoms with Gasteiger partial charge in [0.25, 0.3) is 0 Å². The Kier molecular flexibility index (Phi) is 6.38. The van der Waals surface area contributed by atoms with Crippen molar-refractivity contribution in [1.29, 1.82) is 0 Å². The molecular weight excluding hydrogens is 156 g/mol. The molecule has 0 spiro atoms. The van der Waals surface area contributed by atoms with Crippen molar-refractivity contribution >= 4 is 5.97 Å². The molecule has 0 bridgehead atoms. The van der Waals surface area contributed by atoms with Crippen molar-refractivity contribution in [3.63, 3.8) is 0 Å². The lowest BCUT2D eigenvalue weighted by Crippen LogP contribution is -2.14. The summed E-state index contributed by atoms with van der Waals surface area (Å²) in [6.07, 6.45) is 2.38. The van der Waals surface area contributed by atoms with Crippen molar-refractivity contribution in [2.24, 2.45) is 5.92 Å². The van der Waals surface area contributed by atoms with Crippen LogP contribution in [-0.2, 0) is 14.3 Å². The van der Waals surface area contributed by atoms with Crippen LogP contribution in [0.2, 0.25) is 0 Å². The molecule has 3 nitrogen and oxygen atoms in total. The molecule has 3 heteroatoms. The van der Waals surface area contributed by atoms with Gasteiger partial charge in [0.1, 0.15) is 0 Å². The van der Waals surface area contributed by atoms with Gasteiger partial charge in [-0.05, 0) is 6.42 Å². The second kappa shape index (κ2) is 6.85. The van der Waals surface area contributed by atoms with Crippen molar-refractivity contribution in [2.75, 3.05) is 20.3 Å². The molecule has 1 atom stereocenters. The van der Waals surface area contributed by atoms with Crippen LogP contribution in [0.3, 0.4) is 0 Å². The van der Waals surface area contributed by atoms with Gasteiger partial charge in [0.15, 0.2) is 0 Å². The van der Waals surface area contributed by atoms with Gasteiger partial charge < -0.3 is 9.47 Å². The molecule has 0 saturated carbocycles. The van der Waals surface area contributed by atoms with Crippen molar-refractivity contribution < 1.29 is 14.3 Å². The van der Waals surface area contributed by atoms with Gasteiger partial charge in [-0.15, -0.1) is 6.58 Å². The van der Waals surface area contributed by atoms with Crippen molar-refractivity contribution in [1.82, 2.24) is 0 Å². The monoisotopic (exact) mass is 172 g/mol. The number of carbonyl (C=O) groups excluding carboxylic acids is 1. The van der Waals surface area contributed by atoms with E-state index in [2.05, 4.69) is 11.3 Å². The van der Waals surface area contributed by atoms with E-state index in [1.54, 1.807) is 6.08 Å². The zero-order chi connectivity index (χ0) is 9.40. The van der Waals surface area contributed by atoms with E-state index in [0.717, 1.165) is 0 Å². The second-order valence-electron chi connectivity index (χ2n) is 2.58. The molecule has 70 valence electrons. The summed E-state index contributed by atoms with van der Waals surface area (Å²) in [5, 5.41) is 0. The smallest absolute Gasteiger partial charge is 0.308 e. The van der Waals surface area contributed by atoms with Crippen LogP contribution < -0.4 is 0 Å². The van der Waals surface area contributed by atoms with E-state index in [1.807, 2.05) is 6.92 Å². The molecule has 0 radical (unpaired) electrons. The first-order valence-corrected chi connectivity index (χ1v) is 3.98. The lowest BCUT2D eigenvalue weighted by molar-refractivity contribution is -0.145. The fraction of sp³-hybridized carbons (Fsp3) is 0.667. The summed E-state index contributed by atoms with van der Waals surface area (Å²) in [6, 6.07) is 0. The number of methoxy groups -OCH3 is 1. The van der Waals surface area contributed by atoms with Gasteiger partial charge >= 0.3 is 5.97 Å². The Morgan fingerprint density at radius 2 is 2.33 bits per heavy atom. The third-order valence-corrected chi connectivity index (χ3v) is 1.53. The predicted octanol–water partition coefficient (Wildman–Crippen LogP) is 1.39. The van der Waals surface area contributed by atoms with Gasteiger partial charge in [0.2, 0.25) is 0 Å². The van der Waals surface area contributed by atoms with Crippen LogP contribution in [0.1, 0.15) is 13.3 Å². The summed E-state index contributed by atoms with van der Waals surface area (Å²) in [4.78, 5) is 10.9. The minimum Gasteiger partial charge on any atom is -0.469 e. The molecule has 0 heterocycles. The molecule has 0 N–H and O–H groups in total. The van der Waals surface area contributed by atoms with Crippen LogP contribution in [0.5, 0.6) is 0 Å². The van der Waals surface area contributed by atoms with E-state index in [9.17, 15) is 4.79 Å². The summed E-state index contributed by atoms with van der Waals surface area (Å²) in [5.41, 5.74) is 0. The molecule has 0 aromatic heterocycles. The van der Waals surface area contributed by atoms with Crippen LogP contribution in [0.25, 0.3) is 0 Å². The fourth-order valence-corrected chi connectivity index (χ4v) is 0.746. The lowest BCUT2D eigenvalue weighted by Gasteiger charge is -2.07. The highest BCUT2D eigenvalue weighted by Crippen LogP contribution is 2.03. The molecule has 0 aliphatic rings. The van der Waals surface area contributed by atoms with Gasteiger partial charge in [-0.25, -0.2) is 0 Å². The maximum absolute atomic E-state index is 10.9. The molecule has 0 aromatic rings. The number of carbonyl (C=O) groups is 1. The third-order valence-electron chi connectivity index (χ3n) is 1.53. The van der Waals surface area contributed by atoms with Gasteiger partial charge in [0.05, 0.1) is 19.6 Å². The Balaban J connectivity index is 3.36. The molecule has 0 aliphatic carbocycles. The first-order valence-electron chi connectivity index (χ1n) is 3.98. The minimum absolute atomic E-state index is 0.0835. The van der Waals surface area contributed by atoms with E-state index >= 15 is 0 Å². The molecule has 0 rings (SSSR count). The summed E-state index contributed by atoms with van der Waals surface area (Å²) in [7, 11) is 1.39. The number of ether oxygens (including phenoxy) is 2. The van der Waals surface area contributed by atoms with Crippen LogP contribution in [0, 0.1) is 5.92 Å². The van der Waals surface area contributed by atoms with Crippen LogP contribution in [-0.4, -0.2) is 26.3 Å². The number of hydrogen-bond donors (Lipinski definition) is 0. The van der Waals surface area contributed by atoms with Crippen molar-refractivity contribution in [2.45, 2.75) is 13.3 Å². The zero-order valence-electron chi connectivity index (χ0n) is 7.71. The Hall–Kier alpha value is -0.830. The normalized spacial score (nSPS) is 12.2. The average molecular weight is 172 g/mol. The largest absolute Gasteiger partial charge is 0.469 e. The van der Waals surface area contributed by atoms with Gasteiger partial charge in [-0.3, -0.25) is 4.79 Å². The van der Waals surface area contributed by atoms with Gasteiger partial charge in [0, 0.05) is 6.61 Å². The van der Waals surface area contributed by atoms with Gasteiger partial charge in [-0.1, -0.05) is 13.0 Å².